The third kappa shape index (κ3) is 3.32. The molecule has 4 rings (SSSR count). The van der Waals surface area contributed by atoms with E-state index in [4.69, 9.17) is 0 Å². The molecule has 28 heavy (non-hydrogen) atoms. The summed E-state index contributed by atoms with van der Waals surface area (Å²) in [7, 11) is 0. The summed E-state index contributed by atoms with van der Waals surface area (Å²) >= 11 is -1.75. The minimum absolute atomic E-state index is 0.369. The van der Waals surface area contributed by atoms with Crippen molar-refractivity contribution in [3.8, 4) is 0 Å². The zero-order chi connectivity index (χ0) is 19.9. The molecule has 1 heteroatoms. The zero-order valence-corrected chi connectivity index (χ0v) is 21.9. The second kappa shape index (κ2) is 7.71. The molecule has 0 aromatic heterocycles. The monoisotopic (exact) mass is 539 g/mol. The summed E-state index contributed by atoms with van der Waals surface area (Å²) in [5.74, 6) is 0.607. The molecule has 0 amide bonds. The fourth-order valence-corrected chi connectivity index (χ4v) is 12.5. The van der Waals surface area contributed by atoms with Crippen molar-refractivity contribution in [2.75, 3.05) is 0 Å². The first-order valence-corrected chi connectivity index (χ1v) is 20.1. The van der Waals surface area contributed by atoms with Crippen LogP contribution in [0, 0.1) is 5.41 Å². The van der Waals surface area contributed by atoms with Crippen molar-refractivity contribution in [3.63, 3.8) is 0 Å². The molecule has 0 radical (unpaired) electrons. The fraction of sp³-hybridized carbons (Fsp3) is 0.481. The molecule has 2 aromatic rings. The molecule has 0 heterocycles. The standard InChI is InChI=1S/C25H29.2CH3.Hf/c1-4-25(5-2)16-22-14-21-12-11-20(24(21)15-23(22)17-25)13-18(3)19-9-7-6-8-10-19;;;/h6-12,14-15,18H,4-5,13,16-17H2,1-3H3;2*1H3;. The first-order chi connectivity index (χ1) is 13.4. The summed E-state index contributed by atoms with van der Waals surface area (Å²) in [6.07, 6.45) is 11.6. The van der Waals surface area contributed by atoms with Crippen LogP contribution in [0.2, 0.25) is 9.36 Å². The van der Waals surface area contributed by atoms with Gasteiger partial charge in [-0.1, -0.05) is 0 Å². The molecule has 0 fully saturated rings. The van der Waals surface area contributed by atoms with Crippen molar-refractivity contribution in [1.29, 1.82) is 0 Å². The molecule has 0 spiro atoms. The van der Waals surface area contributed by atoms with Gasteiger partial charge in [0.05, 0.1) is 0 Å². The van der Waals surface area contributed by atoms with Gasteiger partial charge >= 0.3 is 181 Å². The van der Waals surface area contributed by atoms with E-state index in [1.165, 1.54) is 43.2 Å². The summed E-state index contributed by atoms with van der Waals surface area (Å²) in [4.78, 5) is 0. The summed E-state index contributed by atoms with van der Waals surface area (Å²) in [5, 5.41) is 0. The van der Waals surface area contributed by atoms with Gasteiger partial charge in [0.1, 0.15) is 0 Å². The fourth-order valence-electron chi connectivity index (χ4n) is 5.70. The Kier molecular flexibility index (Phi) is 5.60. The van der Waals surface area contributed by atoms with Crippen LogP contribution in [0.5, 0.6) is 0 Å². The second-order valence-corrected chi connectivity index (χ2v) is 20.0. The quantitative estimate of drug-likeness (QED) is 0.331. The molecule has 0 bridgehead atoms. The molecule has 0 N–H and O–H groups in total. The molecule has 0 saturated carbocycles. The first-order valence-electron chi connectivity index (χ1n) is 11.1. The van der Waals surface area contributed by atoms with E-state index in [9.17, 15) is 0 Å². The van der Waals surface area contributed by atoms with Gasteiger partial charge in [0.25, 0.3) is 0 Å². The molecule has 2 unspecified atom stereocenters. The molecule has 0 aliphatic heterocycles. The van der Waals surface area contributed by atoms with E-state index in [-0.39, 0.29) is 0 Å². The van der Waals surface area contributed by atoms with E-state index < -0.39 is 21.4 Å². The van der Waals surface area contributed by atoms with E-state index in [1.54, 1.807) is 16.7 Å². The van der Waals surface area contributed by atoms with Gasteiger partial charge in [0.15, 0.2) is 0 Å². The van der Waals surface area contributed by atoms with Crippen molar-refractivity contribution < 1.29 is 21.4 Å². The van der Waals surface area contributed by atoms with Crippen LogP contribution in [0.3, 0.4) is 0 Å². The Morgan fingerprint density at radius 1 is 0.964 bits per heavy atom. The molecule has 147 valence electrons. The number of hydrogen-bond acceptors (Lipinski definition) is 0. The predicted octanol–water partition coefficient (Wildman–Crippen LogP) is 7.72. The Balaban J connectivity index is 1.71. The van der Waals surface area contributed by atoms with E-state index in [0.717, 1.165) is 0 Å². The molecule has 2 aliphatic rings. The van der Waals surface area contributed by atoms with Gasteiger partial charge in [-0.05, 0) is 0 Å². The van der Waals surface area contributed by atoms with Crippen LogP contribution in [-0.2, 0) is 37.5 Å². The molecule has 2 aromatic carbocycles. The summed E-state index contributed by atoms with van der Waals surface area (Å²) in [5.41, 5.74) is 8.53. The second-order valence-electron chi connectivity index (χ2n) is 9.59. The summed E-state index contributed by atoms with van der Waals surface area (Å²) < 4.78 is 5.61. The normalized spacial score (nSPS) is 22.8. The van der Waals surface area contributed by atoms with Gasteiger partial charge in [-0.2, -0.15) is 0 Å². The SMILES string of the molecule is CCC1(CC)Cc2cc3c(cc2C1)[C](CC(C)c1ccccc1)([Hf]([CH3])[CH3])C=C3. The van der Waals surface area contributed by atoms with Crippen LogP contribution in [0.25, 0.3) is 6.08 Å². The minimum atomic E-state index is -1.75. The van der Waals surface area contributed by atoms with E-state index in [1.807, 2.05) is 0 Å². The van der Waals surface area contributed by atoms with E-state index >= 15 is 0 Å². The predicted molar refractivity (Wildman–Crippen MR) is 119 cm³/mol. The average Bonchev–Trinajstić information content (AvgIpc) is 3.26. The third-order valence-corrected chi connectivity index (χ3v) is 16.6. The van der Waals surface area contributed by atoms with Crippen molar-refractivity contribution in [2.45, 2.75) is 71.3 Å². The number of benzene rings is 2. The topological polar surface area (TPSA) is 0 Å². The number of hydrogen-bond donors (Lipinski definition) is 0. The van der Waals surface area contributed by atoms with Crippen molar-refractivity contribution in [3.05, 3.63) is 76.4 Å². The average molecular weight is 538 g/mol. The number of rotatable bonds is 6. The van der Waals surface area contributed by atoms with Gasteiger partial charge < -0.3 is 0 Å². The van der Waals surface area contributed by atoms with E-state index in [0.29, 0.717) is 14.5 Å². The van der Waals surface area contributed by atoms with Gasteiger partial charge in [-0.15, -0.1) is 0 Å². The molecule has 2 aliphatic carbocycles. The Hall–Kier alpha value is -0.950. The molecule has 0 saturated heterocycles. The maximum absolute atomic E-state index is 2.66. The summed E-state index contributed by atoms with van der Waals surface area (Å²) in [6.45, 7) is 7.21. The zero-order valence-electron chi connectivity index (χ0n) is 18.3. The van der Waals surface area contributed by atoms with Gasteiger partial charge in [0.2, 0.25) is 0 Å². The number of allylic oxidation sites excluding steroid dienone is 1. The van der Waals surface area contributed by atoms with Crippen molar-refractivity contribution in [1.82, 2.24) is 0 Å². The van der Waals surface area contributed by atoms with Gasteiger partial charge in [-0.25, -0.2) is 0 Å². The van der Waals surface area contributed by atoms with Crippen LogP contribution in [0.15, 0.2) is 48.5 Å². The first kappa shape index (κ1) is 20.3. The third-order valence-electron chi connectivity index (χ3n) is 7.92. The number of fused-ring (bicyclic) bond motifs is 2. The molecular formula is C27H35Hf. The van der Waals surface area contributed by atoms with Crippen LogP contribution in [-0.4, -0.2) is 0 Å². The van der Waals surface area contributed by atoms with Gasteiger partial charge in [-0.3, -0.25) is 0 Å². The maximum atomic E-state index is 2.66. The Morgan fingerprint density at radius 2 is 1.61 bits per heavy atom. The molecule has 0 nitrogen and oxygen atoms in total. The van der Waals surface area contributed by atoms with Gasteiger partial charge in [0, 0.05) is 0 Å². The van der Waals surface area contributed by atoms with Crippen LogP contribution >= 0.6 is 0 Å². The Morgan fingerprint density at radius 3 is 2.21 bits per heavy atom. The van der Waals surface area contributed by atoms with Crippen LogP contribution < -0.4 is 0 Å². The molecule has 2 atom stereocenters. The summed E-state index contributed by atoms with van der Waals surface area (Å²) in [6, 6.07) is 16.4. The van der Waals surface area contributed by atoms with Crippen LogP contribution in [0.1, 0.15) is 73.8 Å². The molecular weight excluding hydrogens is 503 g/mol. The Labute approximate surface area is 180 Å². The Bertz CT molecular complexity index is 873. The van der Waals surface area contributed by atoms with Crippen molar-refractivity contribution in [2.24, 2.45) is 5.41 Å². The van der Waals surface area contributed by atoms with Crippen molar-refractivity contribution >= 4 is 6.08 Å². The van der Waals surface area contributed by atoms with Crippen LogP contribution in [0.4, 0.5) is 0 Å². The van der Waals surface area contributed by atoms with E-state index in [2.05, 4.69) is 84.7 Å².